The first-order valence-electron chi connectivity index (χ1n) is 6.06. The van der Waals surface area contributed by atoms with Crippen LogP contribution in [0.1, 0.15) is 11.1 Å². The standard InChI is InChI=1S/C16H20N.ClH.Sn.4H/c1-17(2,13-15-9-5-3-6-10-15)14-16-11-7-4-8-12-16;;;;;;/h3-12H,13-14H2,1-2H3;1H;;;;;/q+1;;;;;;/p-1. The van der Waals surface area contributed by atoms with Crippen LogP contribution in [-0.4, -0.2) is 42.5 Å². The van der Waals surface area contributed by atoms with Gasteiger partial charge in [0.1, 0.15) is 13.1 Å². The van der Waals surface area contributed by atoms with Gasteiger partial charge in [-0.15, -0.1) is 0 Å². The molecule has 0 saturated carbocycles. The van der Waals surface area contributed by atoms with E-state index in [4.69, 9.17) is 0 Å². The van der Waals surface area contributed by atoms with Crippen LogP contribution in [0, 0.1) is 0 Å². The molecule has 0 aliphatic rings. The Kier molecular flexibility index (Phi) is 8.39. The van der Waals surface area contributed by atoms with Crippen molar-refractivity contribution in [3.05, 3.63) is 71.8 Å². The molecule has 0 fully saturated rings. The van der Waals surface area contributed by atoms with Crippen LogP contribution in [0.5, 0.6) is 0 Å². The fraction of sp³-hybridized carbons (Fsp3) is 0.250. The maximum absolute atomic E-state index is 2.28. The average Bonchev–Trinajstić information content (AvgIpc) is 2.30. The zero-order valence-electron chi connectivity index (χ0n) is 11.0. The molecule has 0 radical (unpaired) electrons. The summed E-state index contributed by atoms with van der Waals surface area (Å²) in [4.78, 5) is 0. The zero-order chi connectivity index (χ0) is 12.1. The fourth-order valence-corrected chi connectivity index (χ4v) is 2.21. The molecule has 0 aromatic heterocycles. The van der Waals surface area contributed by atoms with Crippen LogP contribution in [0.3, 0.4) is 0 Å². The van der Waals surface area contributed by atoms with Crippen LogP contribution in [0.15, 0.2) is 60.7 Å². The molecule has 0 amide bonds. The molecule has 2 aromatic carbocycles. The van der Waals surface area contributed by atoms with Crippen LogP contribution in [0.4, 0.5) is 0 Å². The SMILES string of the molecule is C[N+](C)(Cc1ccccc1)Cc1ccccc1.[Cl-].[SnH4]. The normalized spacial score (nSPS) is 10.2. The van der Waals surface area contributed by atoms with Gasteiger partial charge in [-0.3, -0.25) is 0 Å². The number of hydrogen-bond acceptors (Lipinski definition) is 0. The van der Waals surface area contributed by atoms with E-state index in [1.54, 1.807) is 0 Å². The predicted molar refractivity (Wildman–Crippen MR) is 83.7 cm³/mol. The molecule has 3 heteroatoms. The monoisotopic (exact) mass is 385 g/mol. The molecule has 0 unspecified atom stereocenters. The molecule has 2 rings (SSSR count). The van der Waals surface area contributed by atoms with E-state index in [1.807, 2.05) is 0 Å². The molecule has 19 heavy (non-hydrogen) atoms. The Morgan fingerprint density at radius 1 is 0.684 bits per heavy atom. The van der Waals surface area contributed by atoms with Gasteiger partial charge in [-0.1, -0.05) is 60.7 Å². The number of quaternary nitrogens is 1. The summed E-state index contributed by atoms with van der Waals surface area (Å²) in [5.41, 5.74) is 2.79. The van der Waals surface area contributed by atoms with Crippen molar-refractivity contribution in [3.8, 4) is 0 Å². The van der Waals surface area contributed by atoms with Gasteiger partial charge in [-0.25, -0.2) is 0 Å². The summed E-state index contributed by atoms with van der Waals surface area (Å²) in [6.45, 7) is 2.13. The van der Waals surface area contributed by atoms with E-state index in [-0.39, 0.29) is 36.3 Å². The van der Waals surface area contributed by atoms with E-state index in [0.717, 1.165) is 17.6 Å². The van der Waals surface area contributed by atoms with Crippen molar-refractivity contribution in [1.82, 2.24) is 0 Å². The second-order valence-corrected chi connectivity index (χ2v) is 5.22. The van der Waals surface area contributed by atoms with Gasteiger partial charge in [0.25, 0.3) is 0 Å². The Morgan fingerprint density at radius 2 is 1.00 bits per heavy atom. The maximum atomic E-state index is 2.28. The first-order valence-corrected chi connectivity index (χ1v) is 6.06. The average molecular weight is 385 g/mol. The van der Waals surface area contributed by atoms with E-state index in [2.05, 4.69) is 74.8 Å². The molecular formula is C16H24ClNSn. The summed E-state index contributed by atoms with van der Waals surface area (Å²) in [5, 5.41) is 0. The van der Waals surface area contributed by atoms with Crippen molar-refractivity contribution in [2.75, 3.05) is 14.1 Å². The molecule has 0 atom stereocenters. The summed E-state index contributed by atoms with van der Waals surface area (Å²) in [6, 6.07) is 21.4. The Hall–Kier alpha value is -0.511. The Balaban J connectivity index is 0.00000162. The molecule has 2 aromatic rings. The van der Waals surface area contributed by atoms with E-state index in [0.29, 0.717) is 0 Å². The molecule has 0 saturated heterocycles. The third kappa shape index (κ3) is 6.46. The summed E-state index contributed by atoms with van der Waals surface area (Å²) >= 11 is 0. The molecule has 0 N–H and O–H groups in total. The minimum atomic E-state index is 0. The number of benzene rings is 2. The van der Waals surface area contributed by atoms with Crippen molar-refractivity contribution in [3.63, 3.8) is 0 Å². The Bertz CT molecular complexity index is 413. The molecule has 1 nitrogen and oxygen atoms in total. The van der Waals surface area contributed by atoms with Gasteiger partial charge in [0.05, 0.1) is 14.1 Å². The van der Waals surface area contributed by atoms with Gasteiger partial charge in [0, 0.05) is 11.1 Å². The van der Waals surface area contributed by atoms with Crippen molar-refractivity contribution >= 4 is 23.9 Å². The van der Waals surface area contributed by atoms with Crippen LogP contribution in [0.2, 0.25) is 0 Å². The molecule has 0 spiro atoms. The minimum absolute atomic E-state index is 0. The molecule has 0 aliphatic carbocycles. The van der Waals surface area contributed by atoms with E-state index in [9.17, 15) is 0 Å². The molecular weight excluding hydrogens is 360 g/mol. The number of hydrogen-bond donors (Lipinski definition) is 0. The summed E-state index contributed by atoms with van der Waals surface area (Å²) in [7, 11) is 4.56. The first kappa shape index (κ1) is 18.5. The van der Waals surface area contributed by atoms with Gasteiger partial charge in [0.15, 0.2) is 0 Å². The first-order chi connectivity index (χ1) is 8.16. The van der Waals surface area contributed by atoms with E-state index in [1.165, 1.54) is 11.1 Å². The topological polar surface area (TPSA) is 0 Å². The van der Waals surface area contributed by atoms with Crippen molar-refractivity contribution in [1.29, 1.82) is 0 Å². The molecule has 104 valence electrons. The summed E-state index contributed by atoms with van der Waals surface area (Å²) in [5.74, 6) is 0. The van der Waals surface area contributed by atoms with Crippen molar-refractivity contribution < 1.29 is 16.9 Å². The Morgan fingerprint density at radius 3 is 1.32 bits per heavy atom. The van der Waals surface area contributed by atoms with Gasteiger partial charge < -0.3 is 16.9 Å². The molecule has 0 bridgehead atoms. The number of halogens is 1. The number of rotatable bonds is 4. The molecule has 0 heterocycles. The third-order valence-electron chi connectivity index (χ3n) is 2.91. The van der Waals surface area contributed by atoms with Crippen LogP contribution >= 0.6 is 0 Å². The van der Waals surface area contributed by atoms with E-state index >= 15 is 0 Å². The van der Waals surface area contributed by atoms with Crippen LogP contribution in [0.25, 0.3) is 0 Å². The quantitative estimate of drug-likeness (QED) is 0.469. The Labute approximate surface area is 139 Å². The third-order valence-corrected chi connectivity index (χ3v) is 2.91. The van der Waals surface area contributed by atoms with Crippen LogP contribution in [-0.2, 0) is 13.1 Å². The van der Waals surface area contributed by atoms with Gasteiger partial charge in [0.2, 0.25) is 0 Å². The summed E-state index contributed by atoms with van der Waals surface area (Å²) in [6.07, 6.45) is 0. The predicted octanol–water partition coefficient (Wildman–Crippen LogP) is -0.984. The summed E-state index contributed by atoms with van der Waals surface area (Å²) < 4.78 is 0.980. The van der Waals surface area contributed by atoms with Gasteiger partial charge in [-0.2, -0.15) is 0 Å². The van der Waals surface area contributed by atoms with Crippen LogP contribution < -0.4 is 12.4 Å². The second-order valence-electron chi connectivity index (χ2n) is 5.22. The van der Waals surface area contributed by atoms with Crippen molar-refractivity contribution in [2.45, 2.75) is 13.1 Å². The van der Waals surface area contributed by atoms with E-state index < -0.39 is 0 Å². The van der Waals surface area contributed by atoms with Crippen molar-refractivity contribution in [2.24, 2.45) is 0 Å². The van der Waals surface area contributed by atoms with Gasteiger partial charge >= 0.3 is 23.9 Å². The second kappa shape index (κ2) is 8.62. The fourth-order valence-electron chi connectivity index (χ4n) is 2.21. The zero-order valence-corrected chi connectivity index (χ0v) is 11.8. The molecule has 0 aliphatic heterocycles. The number of nitrogens with zero attached hydrogens (tertiary/aromatic N) is 1. The van der Waals surface area contributed by atoms with Gasteiger partial charge in [-0.05, 0) is 0 Å².